The van der Waals surface area contributed by atoms with Crippen molar-refractivity contribution in [1.29, 1.82) is 0 Å². The second-order valence-corrected chi connectivity index (χ2v) is 4.09. The molecule has 4 nitrogen and oxygen atoms in total. The molecule has 2 aromatic rings. The lowest BCUT2D eigenvalue weighted by Gasteiger charge is -2.03. The molecule has 18 heavy (non-hydrogen) atoms. The van der Waals surface area contributed by atoms with Crippen LogP contribution in [0.3, 0.4) is 0 Å². The van der Waals surface area contributed by atoms with Crippen LogP contribution < -0.4 is 5.43 Å². The third-order valence-corrected chi connectivity index (χ3v) is 2.76. The van der Waals surface area contributed by atoms with Gasteiger partial charge in [-0.1, -0.05) is 30.3 Å². The third-order valence-electron chi connectivity index (χ3n) is 2.76. The van der Waals surface area contributed by atoms with Crippen molar-refractivity contribution in [1.82, 2.24) is 5.16 Å². The SMILES string of the molecule is CCc1noc(C)c1C(C)=NNc1ccccc1. The van der Waals surface area contributed by atoms with Crippen LogP contribution in [0.5, 0.6) is 0 Å². The van der Waals surface area contributed by atoms with Gasteiger partial charge in [0.2, 0.25) is 0 Å². The first-order valence-electron chi connectivity index (χ1n) is 6.03. The number of nitrogens with zero attached hydrogens (tertiary/aromatic N) is 2. The summed E-state index contributed by atoms with van der Waals surface area (Å²) in [7, 11) is 0. The summed E-state index contributed by atoms with van der Waals surface area (Å²) in [5, 5.41) is 8.40. The fraction of sp³-hybridized carbons (Fsp3) is 0.286. The third kappa shape index (κ3) is 2.59. The molecule has 0 saturated carbocycles. The first-order valence-corrected chi connectivity index (χ1v) is 6.03. The number of para-hydroxylation sites is 1. The summed E-state index contributed by atoms with van der Waals surface area (Å²) >= 11 is 0. The van der Waals surface area contributed by atoms with Gasteiger partial charge < -0.3 is 4.52 Å². The van der Waals surface area contributed by atoms with Crippen molar-refractivity contribution < 1.29 is 4.52 Å². The summed E-state index contributed by atoms with van der Waals surface area (Å²) in [6.45, 7) is 5.91. The molecule has 1 N–H and O–H groups in total. The van der Waals surface area contributed by atoms with E-state index in [-0.39, 0.29) is 0 Å². The van der Waals surface area contributed by atoms with Crippen LogP contribution in [0.15, 0.2) is 40.0 Å². The van der Waals surface area contributed by atoms with Gasteiger partial charge >= 0.3 is 0 Å². The standard InChI is InChI=1S/C14H17N3O/c1-4-13-14(11(3)18-17-13)10(2)15-16-12-8-6-5-7-9-12/h5-9,16H,4H2,1-3H3. The number of rotatable bonds is 4. The first kappa shape index (κ1) is 12.4. The molecule has 94 valence electrons. The topological polar surface area (TPSA) is 50.4 Å². The lowest BCUT2D eigenvalue weighted by Crippen LogP contribution is -2.03. The number of benzene rings is 1. The van der Waals surface area contributed by atoms with Crippen molar-refractivity contribution in [3.05, 3.63) is 47.3 Å². The minimum Gasteiger partial charge on any atom is -0.361 e. The van der Waals surface area contributed by atoms with Crippen molar-refractivity contribution >= 4 is 11.4 Å². The van der Waals surface area contributed by atoms with Gasteiger partial charge in [-0.2, -0.15) is 5.10 Å². The first-order chi connectivity index (χ1) is 8.72. The smallest absolute Gasteiger partial charge is 0.143 e. The average molecular weight is 243 g/mol. The number of aromatic nitrogens is 1. The van der Waals surface area contributed by atoms with Crippen LogP contribution in [0, 0.1) is 6.92 Å². The highest BCUT2D eigenvalue weighted by Gasteiger charge is 2.13. The number of hydrazone groups is 1. The van der Waals surface area contributed by atoms with E-state index in [9.17, 15) is 0 Å². The highest BCUT2D eigenvalue weighted by Crippen LogP contribution is 2.15. The lowest BCUT2D eigenvalue weighted by atomic mass is 10.1. The fourth-order valence-corrected chi connectivity index (χ4v) is 1.84. The molecule has 1 aromatic heterocycles. The summed E-state index contributed by atoms with van der Waals surface area (Å²) in [4.78, 5) is 0. The Morgan fingerprint density at radius 2 is 2.06 bits per heavy atom. The van der Waals surface area contributed by atoms with E-state index in [1.165, 1.54) is 0 Å². The second kappa shape index (κ2) is 5.49. The molecule has 0 fully saturated rings. The van der Waals surface area contributed by atoms with Gasteiger partial charge in [-0.05, 0) is 32.4 Å². The molecule has 0 aliphatic heterocycles. The number of anilines is 1. The van der Waals surface area contributed by atoms with Gasteiger partial charge in [0.05, 0.1) is 22.7 Å². The summed E-state index contributed by atoms with van der Waals surface area (Å²) in [6.07, 6.45) is 0.838. The van der Waals surface area contributed by atoms with Crippen LogP contribution in [0.2, 0.25) is 0 Å². The van der Waals surface area contributed by atoms with E-state index in [1.807, 2.05) is 44.2 Å². The summed E-state index contributed by atoms with van der Waals surface area (Å²) in [5.74, 6) is 0.808. The zero-order valence-corrected chi connectivity index (χ0v) is 10.9. The Bertz CT molecular complexity index is 543. The number of nitrogens with one attached hydrogen (secondary N) is 1. The van der Waals surface area contributed by atoms with E-state index in [2.05, 4.69) is 22.6 Å². The minimum atomic E-state index is 0.808. The van der Waals surface area contributed by atoms with Gasteiger partial charge in [-0.15, -0.1) is 0 Å². The number of aryl methyl sites for hydroxylation is 2. The molecular weight excluding hydrogens is 226 g/mol. The van der Waals surface area contributed by atoms with Crippen LogP contribution in [-0.2, 0) is 6.42 Å². The molecule has 1 aromatic carbocycles. The summed E-state index contributed by atoms with van der Waals surface area (Å²) in [5.41, 5.74) is 6.82. The molecular formula is C14H17N3O. The van der Waals surface area contributed by atoms with Crippen molar-refractivity contribution in [3.8, 4) is 0 Å². The second-order valence-electron chi connectivity index (χ2n) is 4.09. The molecule has 1 heterocycles. The predicted octanol–water partition coefficient (Wildman–Crippen LogP) is 3.38. The molecule has 0 unspecified atom stereocenters. The lowest BCUT2D eigenvalue weighted by molar-refractivity contribution is 0.391. The van der Waals surface area contributed by atoms with E-state index in [1.54, 1.807) is 0 Å². The molecule has 0 aliphatic carbocycles. The molecule has 0 radical (unpaired) electrons. The maximum absolute atomic E-state index is 5.20. The fourth-order valence-electron chi connectivity index (χ4n) is 1.84. The normalized spacial score (nSPS) is 11.6. The van der Waals surface area contributed by atoms with Crippen LogP contribution in [0.25, 0.3) is 0 Å². The Morgan fingerprint density at radius 3 is 2.72 bits per heavy atom. The van der Waals surface area contributed by atoms with Crippen LogP contribution >= 0.6 is 0 Å². The maximum atomic E-state index is 5.20. The van der Waals surface area contributed by atoms with Gasteiger partial charge in [-0.3, -0.25) is 5.43 Å². The van der Waals surface area contributed by atoms with Crippen molar-refractivity contribution in [3.63, 3.8) is 0 Å². The number of hydrogen-bond acceptors (Lipinski definition) is 4. The molecule has 0 atom stereocenters. The van der Waals surface area contributed by atoms with Crippen LogP contribution in [0.1, 0.15) is 30.9 Å². The Labute approximate surface area is 107 Å². The van der Waals surface area contributed by atoms with E-state index in [0.717, 1.165) is 34.8 Å². The quantitative estimate of drug-likeness (QED) is 0.661. The minimum absolute atomic E-state index is 0.808. The van der Waals surface area contributed by atoms with Gasteiger partial charge in [-0.25, -0.2) is 0 Å². The Morgan fingerprint density at radius 1 is 1.33 bits per heavy atom. The Hall–Kier alpha value is -2.10. The van der Waals surface area contributed by atoms with Gasteiger partial charge in [0, 0.05) is 0 Å². The molecule has 0 saturated heterocycles. The van der Waals surface area contributed by atoms with Gasteiger partial charge in [0.15, 0.2) is 0 Å². The Balaban J connectivity index is 2.20. The van der Waals surface area contributed by atoms with E-state index in [0.29, 0.717) is 0 Å². The average Bonchev–Trinajstić information content (AvgIpc) is 2.78. The van der Waals surface area contributed by atoms with Crippen molar-refractivity contribution in [2.75, 3.05) is 5.43 Å². The monoisotopic (exact) mass is 243 g/mol. The Kier molecular flexibility index (Phi) is 3.77. The van der Waals surface area contributed by atoms with Crippen LogP contribution in [0.4, 0.5) is 5.69 Å². The van der Waals surface area contributed by atoms with Gasteiger partial charge in [0.25, 0.3) is 0 Å². The zero-order chi connectivity index (χ0) is 13.0. The van der Waals surface area contributed by atoms with Crippen molar-refractivity contribution in [2.24, 2.45) is 5.10 Å². The van der Waals surface area contributed by atoms with E-state index in [4.69, 9.17) is 4.52 Å². The molecule has 0 bridgehead atoms. The maximum Gasteiger partial charge on any atom is 0.143 e. The largest absolute Gasteiger partial charge is 0.361 e. The van der Waals surface area contributed by atoms with Gasteiger partial charge in [0.1, 0.15) is 5.76 Å². The zero-order valence-electron chi connectivity index (χ0n) is 10.9. The van der Waals surface area contributed by atoms with Crippen LogP contribution in [-0.4, -0.2) is 10.9 Å². The summed E-state index contributed by atoms with van der Waals surface area (Å²) < 4.78 is 5.20. The molecule has 4 heteroatoms. The molecule has 0 aliphatic rings. The predicted molar refractivity (Wildman–Crippen MR) is 72.9 cm³/mol. The highest BCUT2D eigenvalue weighted by atomic mass is 16.5. The molecule has 0 amide bonds. The molecule has 2 rings (SSSR count). The van der Waals surface area contributed by atoms with E-state index >= 15 is 0 Å². The van der Waals surface area contributed by atoms with E-state index < -0.39 is 0 Å². The molecule has 0 spiro atoms. The van der Waals surface area contributed by atoms with Crippen molar-refractivity contribution in [2.45, 2.75) is 27.2 Å². The highest BCUT2D eigenvalue weighted by molar-refractivity contribution is 6.00. The number of hydrogen-bond donors (Lipinski definition) is 1. The summed E-state index contributed by atoms with van der Waals surface area (Å²) in [6, 6.07) is 9.85.